The van der Waals surface area contributed by atoms with Gasteiger partial charge in [-0.2, -0.15) is 0 Å². The third-order valence-electron chi connectivity index (χ3n) is 3.71. The van der Waals surface area contributed by atoms with Crippen LogP contribution < -0.4 is 0 Å². The lowest BCUT2D eigenvalue weighted by molar-refractivity contribution is -0.121. The van der Waals surface area contributed by atoms with Gasteiger partial charge in [-0.3, -0.25) is 9.69 Å². The summed E-state index contributed by atoms with van der Waals surface area (Å²) in [6, 6.07) is 11.9. The summed E-state index contributed by atoms with van der Waals surface area (Å²) in [4.78, 5) is 30.0. The zero-order chi connectivity index (χ0) is 19.4. The first kappa shape index (κ1) is 18.6. The number of amidine groups is 1. The molecular weight excluding hydrogens is 367 g/mol. The minimum Gasteiger partial charge on any atom is -0.478 e. The number of benzene rings is 2. The highest BCUT2D eigenvalue weighted by molar-refractivity contribution is 8.18. The molecule has 5 nitrogen and oxygen atoms in total. The average Bonchev–Trinajstić information content (AvgIpc) is 2.93. The Hall–Kier alpha value is -3.19. The summed E-state index contributed by atoms with van der Waals surface area (Å²) in [5, 5.41) is 9.43. The standard InChI is InChI=1S/C20H15FN2O3S/c1-2-11-23-18(24)17(12-13-3-7-15(21)8-4-13)27-20(23)22-16-9-5-14(6-10-16)19(25)26/h2-10,12H,1,11H2,(H,25,26)/b17-12-,22-20?. The van der Waals surface area contributed by atoms with Crippen LogP contribution in [0, 0.1) is 5.82 Å². The van der Waals surface area contributed by atoms with E-state index in [-0.39, 0.29) is 17.3 Å². The van der Waals surface area contributed by atoms with E-state index >= 15 is 0 Å². The van der Waals surface area contributed by atoms with Crippen molar-refractivity contribution in [1.82, 2.24) is 4.90 Å². The van der Waals surface area contributed by atoms with E-state index in [0.717, 1.165) is 0 Å². The molecule has 0 aliphatic carbocycles. The largest absolute Gasteiger partial charge is 0.478 e. The number of rotatable bonds is 5. The van der Waals surface area contributed by atoms with Crippen LogP contribution in [0.1, 0.15) is 15.9 Å². The van der Waals surface area contributed by atoms with E-state index in [1.165, 1.54) is 40.9 Å². The van der Waals surface area contributed by atoms with Gasteiger partial charge in [-0.05, 0) is 59.8 Å². The summed E-state index contributed by atoms with van der Waals surface area (Å²) >= 11 is 1.20. The highest BCUT2D eigenvalue weighted by Gasteiger charge is 2.32. The summed E-state index contributed by atoms with van der Waals surface area (Å²) in [5.41, 5.74) is 1.40. The monoisotopic (exact) mass is 382 g/mol. The Bertz CT molecular complexity index is 950. The number of carbonyl (C=O) groups is 2. The third-order valence-corrected chi connectivity index (χ3v) is 4.71. The molecule has 1 fully saturated rings. The van der Waals surface area contributed by atoms with Crippen molar-refractivity contribution in [2.75, 3.05) is 6.54 Å². The molecule has 0 radical (unpaired) electrons. The fraction of sp³-hybridized carbons (Fsp3) is 0.0500. The Morgan fingerprint density at radius 2 is 1.85 bits per heavy atom. The number of hydrogen-bond acceptors (Lipinski definition) is 4. The van der Waals surface area contributed by atoms with Crippen LogP contribution in [0.2, 0.25) is 0 Å². The normalized spacial score (nSPS) is 16.9. The first-order valence-corrected chi connectivity index (χ1v) is 8.79. The van der Waals surface area contributed by atoms with E-state index in [9.17, 15) is 14.0 Å². The number of aromatic carboxylic acids is 1. The molecular formula is C20H15FN2O3S. The minimum atomic E-state index is -1.02. The summed E-state index contributed by atoms with van der Waals surface area (Å²) in [6.45, 7) is 3.96. The van der Waals surface area contributed by atoms with Gasteiger partial charge in [0.2, 0.25) is 0 Å². The van der Waals surface area contributed by atoms with Gasteiger partial charge in [0.15, 0.2) is 5.17 Å². The molecule has 0 unspecified atom stereocenters. The second-order valence-corrected chi connectivity index (χ2v) is 6.62. The maximum Gasteiger partial charge on any atom is 0.335 e. The van der Waals surface area contributed by atoms with Crippen molar-refractivity contribution in [2.24, 2.45) is 4.99 Å². The van der Waals surface area contributed by atoms with Gasteiger partial charge in [0, 0.05) is 6.54 Å². The van der Waals surface area contributed by atoms with E-state index in [4.69, 9.17) is 5.11 Å². The molecule has 136 valence electrons. The Balaban J connectivity index is 1.91. The predicted molar refractivity (Wildman–Crippen MR) is 104 cm³/mol. The van der Waals surface area contributed by atoms with Crippen molar-refractivity contribution in [2.45, 2.75) is 0 Å². The molecule has 1 heterocycles. The van der Waals surface area contributed by atoms with Crippen molar-refractivity contribution < 1.29 is 19.1 Å². The van der Waals surface area contributed by atoms with Gasteiger partial charge < -0.3 is 5.11 Å². The van der Waals surface area contributed by atoms with Crippen LogP contribution in [0.25, 0.3) is 6.08 Å². The second kappa shape index (κ2) is 8.01. The van der Waals surface area contributed by atoms with Crippen LogP contribution in [0.5, 0.6) is 0 Å². The summed E-state index contributed by atoms with van der Waals surface area (Å²) < 4.78 is 13.1. The fourth-order valence-corrected chi connectivity index (χ4v) is 3.39. The van der Waals surface area contributed by atoms with Crippen molar-refractivity contribution in [3.05, 3.63) is 83.0 Å². The smallest absolute Gasteiger partial charge is 0.335 e. The molecule has 27 heavy (non-hydrogen) atoms. The van der Waals surface area contributed by atoms with Gasteiger partial charge in [0.1, 0.15) is 5.82 Å². The van der Waals surface area contributed by atoms with E-state index in [2.05, 4.69) is 11.6 Å². The molecule has 2 aromatic carbocycles. The van der Waals surface area contributed by atoms with Crippen LogP contribution in [0.15, 0.2) is 71.1 Å². The number of carboxylic acid groups (broad SMARTS) is 1. The molecule has 0 aromatic heterocycles. The van der Waals surface area contributed by atoms with Crippen molar-refractivity contribution >= 4 is 40.6 Å². The molecule has 0 spiro atoms. The highest BCUT2D eigenvalue weighted by Crippen LogP contribution is 2.34. The molecule has 0 atom stereocenters. The first-order chi connectivity index (χ1) is 13.0. The van der Waals surface area contributed by atoms with E-state index < -0.39 is 5.97 Å². The van der Waals surface area contributed by atoms with Crippen molar-refractivity contribution in [3.8, 4) is 0 Å². The molecule has 3 rings (SSSR count). The lowest BCUT2D eigenvalue weighted by atomic mass is 10.2. The first-order valence-electron chi connectivity index (χ1n) is 7.98. The Labute approximate surface area is 159 Å². The van der Waals surface area contributed by atoms with Gasteiger partial charge in [-0.15, -0.1) is 6.58 Å². The number of hydrogen-bond donors (Lipinski definition) is 1. The number of amides is 1. The van der Waals surface area contributed by atoms with Crippen molar-refractivity contribution in [1.29, 1.82) is 0 Å². The minimum absolute atomic E-state index is 0.161. The van der Waals surface area contributed by atoms with Crippen molar-refractivity contribution in [3.63, 3.8) is 0 Å². The summed E-state index contributed by atoms with van der Waals surface area (Å²) in [5.74, 6) is -1.58. The molecule has 0 bridgehead atoms. The quantitative estimate of drug-likeness (QED) is 0.618. The summed E-state index contributed by atoms with van der Waals surface area (Å²) in [6.07, 6.45) is 3.28. The van der Waals surface area contributed by atoms with Gasteiger partial charge >= 0.3 is 5.97 Å². The zero-order valence-corrected chi connectivity index (χ0v) is 14.9. The number of carboxylic acids is 1. The van der Waals surface area contributed by atoms with Gasteiger partial charge in [-0.1, -0.05) is 18.2 Å². The van der Waals surface area contributed by atoms with Crippen LogP contribution >= 0.6 is 11.8 Å². The number of thioether (sulfide) groups is 1. The number of halogens is 1. The number of nitrogens with zero attached hydrogens (tertiary/aromatic N) is 2. The Morgan fingerprint density at radius 1 is 1.19 bits per heavy atom. The third kappa shape index (κ3) is 4.32. The Kier molecular flexibility index (Phi) is 5.52. The van der Waals surface area contributed by atoms with Crippen LogP contribution in [0.4, 0.5) is 10.1 Å². The van der Waals surface area contributed by atoms with Gasteiger partial charge in [0.05, 0.1) is 16.2 Å². The maximum absolute atomic E-state index is 13.1. The maximum atomic E-state index is 13.1. The Morgan fingerprint density at radius 3 is 2.44 bits per heavy atom. The summed E-state index contributed by atoms with van der Waals surface area (Å²) in [7, 11) is 0. The predicted octanol–water partition coefficient (Wildman–Crippen LogP) is 4.31. The number of aliphatic imine (C=N–C) groups is 1. The second-order valence-electron chi connectivity index (χ2n) is 5.61. The van der Waals surface area contributed by atoms with Crippen LogP contribution in [-0.2, 0) is 4.79 Å². The van der Waals surface area contributed by atoms with Gasteiger partial charge in [0.25, 0.3) is 5.91 Å². The zero-order valence-electron chi connectivity index (χ0n) is 14.1. The molecule has 0 saturated carbocycles. The molecule has 1 aliphatic rings. The molecule has 2 aromatic rings. The molecule has 7 heteroatoms. The SMILES string of the molecule is C=CCN1C(=O)/C(=C/c2ccc(F)cc2)SC1=Nc1ccc(C(=O)O)cc1. The average molecular weight is 382 g/mol. The van der Waals surface area contributed by atoms with E-state index in [1.54, 1.807) is 36.4 Å². The fourth-order valence-electron chi connectivity index (χ4n) is 2.38. The van der Waals surface area contributed by atoms with Crippen LogP contribution in [0.3, 0.4) is 0 Å². The lowest BCUT2D eigenvalue weighted by Gasteiger charge is -2.12. The van der Waals surface area contributed by atoms with E-state index in [0.29, 0.717) is 27.9 Å². The molecule has 1 saturated heterocycles. The molecule has 1 aliphatic heterocycles. The van der Waals surface area contributed by atoms with Crippen LogP contribution in [-0.4, -0.2) is 33.6 Å². The lowest BCUT2D eigenvalue weighted by Crippen LogP contribution is -2.29. The highest BCUT2D eigenvalue weighted by atomic mass is 32.2. The van der Waals surface area contributed by atoms with Gasteiger partial charge in [-0.25, -0.2) is 14.2 Å². The topological polar surface area (TPSA) is 70.0 Å². The molecule has 1 N–H and O–H groups in total. The molecule has 1 amide bonds. The van der Waals surface area contributed by atoms with E-state index in [1.807, 2.05) is 0 Å². The number of carbonyl (C=O) groups excluding carboxylic acids is 1.